The van der Waals surface area contributed by atoms with Gasteiger partial charge in [0.15, 0.2) is 5.78 Å². The number of rotatable bonds is 7. The van der Waals surface area contributed by atoms with Crippen molar-refractivity contribution in [3.63, 3.8) is 0 Å². The summed E-state index contributed by atoms with van der Waals surface area (Å²) in [5.41, 5.74) is 0.485. The first-order valence-corrected chi connectivity index (χ1v) is 8.27. The second kappa shape index (κ2) is 7.95. The summed E-state index contributed by atoms with van der Waals surface area (Å²) in [5.74, 6) is -0.276. The molecule has 0 fully saturated rings. The molecular formula is C19H16F2N4O3. The number of carbonyl (C=O) groups excluding carboxylic acids is 1. The van der Waals surface area contributed by atoms with Crippen LogP contribution in [0.2, 0.25) is 0 Å². The summed E-state index contributed by atoms with van der Waals surface area (Å²) in [7, 11) is 1.53. The molecule has 0 saturated carbocycles. The third-order valence-corrected chi connectivity index (χ3v) is 4.22. The Morgan fingerprint density at radius 1 is 1.21 bits per heavy atom. The molecule has 0 amide bonds. The fourth-order valence-corrected chi connectivity index (χ4v) is 2.83. The lowest BCUT2D eigenvalue weighted by Crippen LogP contribution is -2.21. The molecule has 2 aromatic carbocycles. The molecule has 0 aliphatic rings. The molecule has 0 saturated heterocycles. The Bertz CT molecular complexity index is 1010. The second-order valence-corrected chi connectivity index (χ2v) is 6.04. The van der Waals surface area contributed by atoms with Gasteiger partial charge in [-0.05, 0) is 12.1 Å². The fourth-order valence-electron chi connectivity index (χ4n) is 2.83. The van der Waals surface area contributed by atoms with E-state index in [0.717, 1.165) is 6.20 Å². The predicted octanol–water partition coefficient (Wildman–Crippen LogP) is 4.05. The van der Waals surface area contributed by atoms with Crippen LogP contribution in [0.5, 0.6) is 0 Å². The molecule has 1 heterocycles. The highest BCUT2D eigenvalue weighted by atomic mass is 19.3. The zero-order valence-electron chi connectivity index (χ0n) is 14.8. The maximum absolute atomic E-state index is 13.0. The highest BCUT2D eigenvalue weighted by Gasteiger charge is 2.22. The van der Waals surface area contributed by atoms with E-state index in [2.05, 4.69) is 4.98 Å². The highest BCUT2D eigenvalue weighted by Crippen LogP contribution is 2.30. The fraction of sp³-hybridized carbons (Fsp3) is 0.158. The molecule has 0 N–H and O–H groups in total. The lowest BCUT2D eigenvalue weighted by molar-refractivity contribution is -0.384. The van der Waals surface area contributed by atoms with Gasteiger partial charge >= 0.3 is 6.55 Å². The molecule has 7 nitrogen and oxygen atoms in total. The number of nitro groups is 1. The SMILES string of the molecule is CN(Cc1nccn1C(F)F)c1ccc(C(=O)c2ccccc2)cc1[N+](=O)[O-]. The van der Waals surface area contributed by atoms with E-state index in [1.807, 2.05) is 0 Å². The average Bonchev–Trinajstić information content (AvgIpc) is 3.16. The van der Waals surface area contributed by atoms with Crippen LogP contribution in [-0.2, 0) is 6.54 Å². The predicted molar refractivity (Wildman–Crippen MR) is 98.6 cm³/mol. The maximum atomic E-state index is 13.0. The number of hydrogen-bond donors (Lipinski definition) is 0. The van der Waals surface area contributed by atoms with E-state index < -0.39 is 11.5 Å². The first-order chi connectivity index (χ1) is 13.4. The average molecular weight is 386 g/mol. The van der Waals surface area contributed by atoms with Crippen molar-refractivity contribution in [2.45, 2.75) is 13.1 Å². The van der Waals surface area contributed by atoms with Gasteiger partial charge in [0, 0.05) is 36.6 Å². The number of halogens is 2. The highest BCUT2D eigenvalue weighted by molar-refractivity contribution is 6.09. The Morgan fingerprint density at radius 3 is 2.57 bits per heavy atom. The van der Waals surface area contributed by atoms with Gasteiger partial charge in [0.05, 0.1) is 11.5 Å². The van der Waals surface area contributed by atoms with E-state index >= 15 is 0 Å². The van der Waals surface area contributed by atoms with Crippen molar-refractivity contribution in [2.24, 2.45) is 0 Å². The van der Waals surface area contributed by atoms with Gasteiger partial charge in [0.1, 0.15) is 11.5 Å². The molecule has 28 heavy (non-hydrogen) atoms. The lowest BCUT2D eigenvalue weighted by Gasteiger charge is -2.19. The van der Waals surface area contributed by atoms with Crippen LogP contribution < -0.4 is 4.90 Å². The van der Waals surface area contributed by atoms with Crippen LogP contribution in [0.4, 0.5) is 20.2 Å². The summed E-state index contributed by atoms with van der Waals surface area (Å²) < 4.78 is 26.7. The quantitative estimate of drug-likeness (QED) is 0.348. The Morgan fingerprint density at radius 2 is 1.93 bits per heavy atom. The van der Waals surface area contributed by atoms with Gasteiger partial charge in [-0.3, -0.25) is 19.5 Å². The van der Waals surface area contributed by atoms with Crippen molar-refractivity contribution >= 4 is 17.2 Å². The van der Waals surface area contributed by atoms with Crippen molar-refractivity contribution in [3.8, 4) is 0 Å². The molecule has 1 aromatic heterocycles. The Balaban J connectivity index is 1.92. The number of carbonyl (C=O) groups is 1. The first kappa shape index (κ1) is 19.2. The van der Waals surface area contributed by atoms with Crippen LogP contribution in [-0.4, -0.2) is 27.3 Å². The monoisotopic (exact) mass is 386 g/mol. The topological polar surface area (TPSA) is 81.3 Å². The molecule has 3 rings (SSSR count). The third kappa shape index (κ3) is 3.88. The van der Waals surface area contributed by atoms with Gasteiger partial charge in [0.25, 0.3) is 5.69 Å². The molecule has 0 bridgehead atoms. The van der Waals surface area contributed by atoms with Crippen LogP contribution in [0.1, 0.15) is 28.3 Å². The minimum Gasteiger partial charge on any atom is -0.362 e. The number of alkyl halides is 2. The van der Waals surface area contributed by atoms with Crippen molar-refractivity contribution < 1.29 is 18.5 Å². The maximum Gasteiger partial charge on any atom is 0.319 e. The van der Waals surface area contributed by atoms with Gasteiger partial charge < -0.3 is 4.90 Å². The van der Waals surface area contributed by atoms with Crippen LogP contribution >= 0.6 is 0 Å². The molecule has 9 heteroatoms. The number of ketones is 1. The van der Waals surface area contributed by atoms with E-state index in [9.17, 15) is 23.7 Å². The number of nitro benzene ring substituents is 1. The van der Waals surface area contributed by atoms with Crippen LogP contribution in [0.15, 0.2) is 60.9 Å². The standard InChI is InChI=1S/C19H16F2N4O3/c1-23(12-17-22-9-10-24(17)19(20)21)15-8-7-14(11-16(15)25(27)28)18(26)13-5-3-2-4-6-13/h2-11,19H,12H2,1H3. The molecular weight excluding hydrogens is 370 g/mol. The minimum absolute atomic E-state index is 0.0653. The molecule has 0 spiro atoms. The summed E-state index contributed by atoms with van der Waals surface area (Å²) >= 11 is 0. The zero-order chi connectivity index (χ0) is 20.3. The second-order valence-electron chi connectivity index (χ2n) is 6.04. The van der Waals surface area contributed by atoms with Gasteiger partial charge in [-0.15, -0.1) is 0 Å². The van der Waals surface area contributed by atoms with Crippen LogP contribution in [0.25, 0.3) is 0 Å². The summed E-state index contributed by atoms with van der Waals surface area (Å²) in [6.07, 6.45) is 2.38. The van der Waals surface area contributed by atoms with Crippen molar-refractivity contribution in [2.75, 3.05) is 11.9 Å². The molecule has 0 aliphatic heterocycles. The van der Waals surface area contributed by atoms with E-state index in [1.54, 1.807) is 30.3 Å². The number of hydrogen-bond acceptors (Lipinski definition) is 5. The summed E-state index contributed by atoms with van der Waals surface area (Å²) in [4.78, 5) is 28.8. The van der Waals surface area contributed by atoms with Gasteiger partial charge in [0.2, 0.25) is 0 Å². The van der Waals surface area contributed by atoms with E-state index in [1.165, 1.54) is 36.3 Å². The molecule has 0 atom stereocenters. The van der Waals surface area contributed by atoms with Crippen LogP contribution in [0, 0.1) is 10.1 Å². The van der Waals surface area contributed by atoms with E-state index in [4.69, 9.17) is 0 Å². The van der Waals surface area contributed by atoms with Crippen molar-refractivity contribution in [1.82, 2.24) is 9.55 Å². The lowest BCUT2D eigenvalue weighted by atomic mass is 10.0. The number of benzene rings is 2. The first-order valence-electron chi connectivity index (χ1n) is 8.27. The van der Waals surface area contributed by atoms with Crippen molar-refractivity contribution in [1.29, 1.82) is 0 Å². The number of imidazole rings is 1. The molecule has 0 radical (unpaired) electrons. The van der Waals surface area contributed by atoms with E-state index in [-0.39, 0.29) is 35.1 Å². The Hall–Kier alpha value is -3.62. The molecule has 0 aliphatic carbocycles. The minimum atomic E-state index is -2.76. The van der Waals surface area contributed by atoms with E-state index in [0.29, 0.717) is 10.1 Å². The Labute approximate surface area is 159 Å². The van der Waals surface area contributed by atoms with Crippen molar-refractivity contribution in [3.05, 3.63) is 88.0 Å². The number of nitrogens with zero attached hydrogens (tertiary/aromatic N) is 4. The van der Waals surface area contributed by atoms with Gasteiger partial charge in [-0.1, -0.05) is 30.3 Å². The van der Waals surface area contributed by atoms with Gasteiger partial charge in [-0.25, -0.2) is 4.98 Å². The number of aromatic nitrogens is 2. The summed E-state index contributed by atoms with van der Waals surface area (Å²) in [6, 6.07) is 12.5. The summed E-state index contributed by atoms with van der Waals surface area (Å²) in [6.45, 7) is -2.82. The smallest absolute Gasteiger partial charge is 0.319 e. The van der Waals surface area contributed by atoms with Crippen LogP contribution in [0.3, 0.4) is 0 Å². The molecule has 0 unspecified atom stereocenters. The largest absolute Gasteiger partial charge is 0.362 e. The molecule has 144 valence electrons. The number of anilines is 1. The summed E-state index contributed by atoms with van der Waals surface area (Å²) in [5, 5.41) is 11.5. The molecule has 3 aromatic rings. The zero-order valence-corrected chi connectivity index (χ0v) is 14.8. The Kier molecular flexibility index (Phi) is 5.44. The third-order valence-electron chi connectivity index (χ3n) is 4.22. The van der Waals surface area contributed by atoms with Gasteiger partial charge in [-0.2, -0.15) is 8.78 Å². The normalized spacial score (nSPS) is 10.9.